The quantitative estimate of drug-likeness (QED) is 0.734. The van der Waals surface area contributed by atoms with Gasteiger partial charge in [-0.2, -0.15) is 0 Å². The molecule has 1 amide bonds. The van der Waals surface area contributed by atoms with Gasteiger partial charge in [0, 0.05) is 6.42 Å². The number of carbonyl (C=O) groups is 2. The Morgan fingerprint density at radius 3 is 2.25 bits per heavy atom. The van der Waals surface area contributed by atoms with Crippen molar-refractivity contribution in [3.05, 3.63) is 0 Å². The van der Waals surface area contributed by atoms with Crippen molar-refractivity contribution in [3.8, 4) is 0 Å². The van der Waals surface area contributed by atoms with Crippen LogP contribution < -0.4 is 0 Å². The summed E-state index contributed by atoms with van der Waals surface area (Å²) in [6, 6.07) is 0. The van der Waals surface area contributed by atoms with Crippen LogP contribution in [0.5, 0.6) is 0 Å². The largest absolute Gasteiger partial charge is 0.467 e. The lowest BCUT2D eigenvalue weighted by Gasteiger charge is -2.35. The molecule has 20 heavy (non-hydrogen) atoms. The number of likely N-dealkylation sites (tertiary alicyclic amines) is 1. The molecule has 1 saturated heterocycles. The number of methoxy groups -OCH3 is 1. The fourth-order valence-corrected chi connectivity index (χ4v) is 2.35. The van der Waals surface area contributed by atoms with Crippen LogP contribution >= 0.6 is 0 Å². The minimum absolute atomic E-state index is 0.0362. The van der Waals surface area contributed by atoms with Gasteiger partial charge in [-0.25, -0.2) is 18.4 Å². The third kappa shape index (κ3) is 3.19. The number of esters is 1. The first-order valence-electron chi connectivity index (χ1n) is 6.44. The molecule has 1 atom stereocenters. The molecule has 1 aliphatic rings. The summed E-state index contributed by atoms with van der Waals surface area (Å²) in [5, 5.41) is 0. The second-order valence-electron chi connectivity index (χ2n) is 5.98. The fourth-order valence-electron chi connectivity index (χ4n) is 2.35. The molecular formula is C13H21F2NO4. The molecule has 0 N–H and O–H groups in total. The molecule has 0 spiro atoms. The van der Waals surface area contributed by atoms with Crippen LogP contribution in [-0.2, 0) is 14.3 Å². The Hall–Kier alpha value is -1.40. The molecule has 1 aliphatic heterocycles. The summed E-state index contributed by atoms with van der Waals surface area (Å²) in [5.41, 5.74) is -2.49. The molecular weight excluding hydrogens is 272 g/mol. The monoisotopic (exact) mass is 293 g/mol. The summed E-state index contributed by atoms with van der Waals surface area (Å²) in [6.07, 6.45) is -1.64. The number of ether oxygens (including phenoxy) is 2. The molecule has 116 valence electrons. The number of carbonyl (C=O) groups excluding carboxylic acids is 2. The predicted molar refractivity (Wildman–Crippen MR) is 67.5 cm³/mol. The van der Waals surface area contributed by atoms with E-state index in [0.29, 0.717) is 0 Å². The Morgan fingerprint density at radius 2 is 1.85 bits per heavy atom. The summed E-state index contributed by atoms with van der Waals surface area (Å²) >= 11 is 0. The molecule has 0 aromatic heterocycles. The highest BCUT2D eigenvalue weighted by molar-refractivity contribution is 5.87. The first-order valence-corrected chi connectivity index (χ1v) is 6.44. The van der Waals surface area contributed by atoms with E-state index in [2.05, 4.69) is 4.74 Å². The van der Waals surface area contributed by atoms with Gasteiger partial charge in [-0.1, -0.05) is 6.92 Å². The van der Waals surface area contributed by atoms with Crippen molar-refractivity contribution in [2.75, 3.05) is 13.7 Å². The molecule has 0 bridgehead atoms. The van der Waals surface area contributed by atoms with E-state index < -0.39 is 42.1 Å². The van der Waals surface area contributed by atoms with Crippen LogP contribution in [0.25, 0.3) is 0 Å². The lowest BCUT2D eigenvalue weighted by molar-refractivity contribution is -0.153. The van der Waals surface area contributed by atoms with Crippen molar-refractivity contribution < 1.29 is 27.8 Å². The smallest absolute Gasteiger partial charge is 0.411 e. The summed E-state index contributed by atoms with van der Waals surface area (Å²) in [6.45, 7) is 5.61. The summed E-state index contributed by atoms with van der Waals surface area (Å²) in [4.78, 5) is 24.8. The highest BCUT2D eigenvalue weighted by atomic mass is 19.3. The topological polar surface area (TPSA) is 55.8 Å². The minimum atomic E-state index is -3.14. The maximum Gasteiger partial charge on any atom is 0.411 e. The molecule has 0 aliphatic carbocycles. The molecule has 0 aromatic carbocycles. The van der Waals surface area contributed by atoms with E-state index in [-0.39, 0.29) is 6.42 Å². The van der Waals surface area contributed by atoms with Crippen LogP contribution in [0.1, 0.15) is 40.5 Å². The van der Waals surface area contributed by atoms with E-state index in [1.54, 1.807) is 27.7 Å². The van der Waals surface area contributed by atoms with Crippen molar-refractivity contribution in [2.24, 2.45) is 0 Å². The first kappa shape index (κ1) is 16.7. The second-order valence-corrected chi connectivity index (χ2v) is 5.98. The third-order valence-electron chi connectivity index (χ3n) is 3.22. The van der Waals surface area contributed by atoms with Crippen molar-refractivity contribution in [2.45, 2.75) is 57.6 Å². The normalized spacial score (nSPS) is 25.4. The maximum absolute atomic E-state index is 13.7. The zero-order valence-electron chi connectivity index (χ0n) is 12.5. The molecule has 1 heterocycles. The molecule has 0 aromatic rings. The van der Waals surface area contributed by atoms with E-state index in [4.69, 9.17) is 4.74 Å². The number of halogens is 2. The minimum Gasteiger partial charge on any atom is -0.467 e. The van der Waals surface area contributed by atoms with Crippen molar-refractivity contribution >= 4 is 12.1 Å². The maximum atomic E-state index is 13.7. The van der Waals surface area contributed by atoms with Gasteiger partial charge in [0.1, 0.15) is 11.1 Å². The fraction of sp³-hybridized carbons (Fsp3) is 0.846. The molecule has 1 rings (SSSR count). The van der Waals surface area contributed by atoms with Gasteiger partial charge in [0.05, 0.1) is 13.7 Å². The average Bonchev–Trinajstić information content (AvgIpc) is 2.59. The Balaban J connectivity index is 3.13. The van der Waals surface area contributed by atoms with Gasteiger partial charge < -0.3 is 9.47 Å². The van der Waals surface area contributed by atoms with Gasteiger partial charge in [-0.3, -0.25) is 4.90 Å². The third-order valence-corrected chi connectivity index (χ3v) is 3.22. The van der Waals surface area contributed by atoms with Gasteiger partial charge in [-0.15, -0.1) is 0 Å². The molecule has 5 nitrogen and oxygen atoms in total. The van der Waals surface area contributed by atoms with Gasteiger partial charge in [-0.05, 0) is 27.2 Å². The van der Waals surface area contributed by atoms with Crippen LogP contribution in [0.3, 0.4) is 0 Å². The lowest BCUT2D eigenvalue weighted by atomic mass is 9.92. The van der Waals surface area contributed by atoms with Crippen LogP contribution in [0, 0.1) is 0 Å². The SMILES string of the molecule is CCC1(C(=O)OC)CC(F)(F)CN1C(=O)OC(C)(C)C. The van der Waals surface area contributed by atoms with Gasteiger partial charge in [0.25, 0.3) is 5.92 Å². The van der Waals surface area contributed by atoms with E-state index in [1.807, 2.05) is 0 Å². The van der Waals surface area contributed by atoms with Crippen LogP contribution in [0.4, 0.5) is 13.6 Å². The van der Waals surface area contributed by atoms with E-state index in [9.17, 15) is 18.4 Å². The molecule has 7 heteroatoms. The van der Waals surface area contributed by atoms with Crippen molar-refractivity contribution in [1.29, 1.82) is 0 Å². The van der Waals surface area contributed by atoms with Crippen LogP contribution in [0.15, 0.2) is 0 Å². The molecule has 0 radical (unpaired) electrons. The number of amides is 1. The Morgan fingerprint density at radius 1 is 1.30 bits per heavy atom. The number of hydrogen-bond donors (Lipinski definition) is 0. The molecule has 1 fully saturated rings. The van der Waals surface area contributed by atoms with Crippen molar-refractivity contribution in [3.63, 3.8) is 0 Å². The Bertz CT molecular complexity index is 406. The summed E-state index contributed by atoms with van der Waals surface area (Å²) < 4.78 is 37.1. The van der Waals surface area contributed by atoms with E-state index in [1.165, 1.54) is 0 Å². The van der Waals surface area contributed by atoms with Crippen LogP contribution in [-0.4, -0.2) is 47.7 Å². The summed E-state index contributed by atoms with van der Waals surface area (Å²) in [7, 11) is 1.11. The zero-order chi connectivity index (χ0) is 15.8. The Kier molecular flexibility index (Phi) is 4.31. The van der Waals surface area contributed by atoms with Gasteiger partial charge in [0.2, 0.25) is 0 Å². The number of rotatable bonds is 2. The number of nitrogens with zero attached hydrogens (tertiary/aromatic N) is 1. The van der Waals surface area contributed by atoms with Crippen LogP contribution in [0.2, 0.25) is 0 Å². The lowest BCUT2D eigenvalue weighted by Crippen LogP contribution is -2.54. The standard InChI is InChI=1S/C13H21F2NO4/c1-6-12(9(17)19-5)7-13(14,15)8-16(12)10(18)20-11(2,3)4/h6-8H2,1-5H3. The summed E-state index contributed by atoms with van der Waals surface area (Å²) in [5.74, 6) is -3.98. The average molecular weight is 293 g/mol. The zero-order valence-corrected chi connectivity index (χ0v) is 12.5. The number of hydrogen-bond acceptors (Lipinski definition) is 4. The van der Waals surface area contributed by atoms with Crippen molar-refractivity contribution in [1.82, 2.24) is 4.90 Å². The molecule has 0 saturated carbocycles. The highest BCUT2D eigenvalue weighted by Gasteiger charge is 2.61. The van der Waals surface area contributed by atoms with E-state index in [0.717, 1.165) is 12.0 Å². The highest BCUT2D eigenvalue weighted by Crippen LogP contribution is 2.43. The van der Waals surface area contributed by atoms with Gasteiger partial charge >= 0.3 is 12.1 Å². The number of alkyl halides is 2. The van der Waals surface area contributed by atoms with E-state index >= 15 is 0 Å². The second kappa shape index (κ2) is 5.18. The Labute approximate surface area is 117 Å². The van der Waals surface area contributed by atoms with Gasteiger partial charge in [0.15, 0.2) is 0 Å². The predicted octanol–water partition coefficient (Wildman–Crippen LogP) is 2.58. The first-order chi connectivity index (χ1) is 8.97. The molecule has 1 unspecified atom stereocenters.